The van der Waals surface area contributed by atoms with Gasteiger partial charge < -0.3 is 19.7 Å². The van der Waals surface area contributed by atoms with Crippen LogP contribution in [-0.2, 0) is 16.4 Å². The van der Waals surface area contributed by atoms with E-state index in [-0.39, 0.29) is 30.4 Å². The summed E-state index contributed by atoms with van der Waals surface area (Å²) in [6, 6.07) is 4.95. The number of amides is 2. The minimum Gasteiger partial charge on any atom is -0.454 e. The molecule has 22 heavy (non-hydrogen) atoms. The van der Waals surface area contributed by atoms with Crippen molar-refractivity contribution in [3.63, 3.8) is 0 Å². The molecule has 0 saturated carbocycles. The molecule has 2 amide bonds. The van der Waals surface area contributed by atoms with Crippen molar-refractivity contribution in [2.75, 3.05) is 25.3 Å². The largest absolute Gasteiger partial charge is 0.454 e. The monoisotopic (exact) mass is 326 g/mol. The molecular weight excluding hydrogens is 308 g/mol. The number of ether oxygens (including phenoxy) is 2. The van der Waals surface area contributed by atoms with E-state index in [1.165, 1.54) is 4.90 Å². The maximum Gasteiger partial charge on any atom is 0.317 e. The van der Waals surface area contributed by atoms with Gasteiger partial charge in [0.25, 0.3) is 0 Å². The van der Waals surface area contributed by atoms with Crippen LogP contribution >= 0.6 is 0 Å². The van der Waals surface area contributed by atoms with Crippen LogP contribution < -0.4 is 14.8 Å². The second-order valence-corrected chi connectivity index (χ2v) is 7.74. The molecule has 0 aromatic heterocycles. The normalized spacial score (nSPS) is 21.6. The molecule has 0 aliphatic carbocycles. The number of urea groups is 1. The predicted octanol–water partition coefficient (Wildman–Crippen LogP) is 0.744. The van der Waals surface area contributed by atoms with Crippen LogP contribution in [-0.4, -0.2) is 50.7 Å². The summed E-state index contributed by atoms with van der Waals surface area (Å²) in [5.41, 5.74) is 0.894. The first-order valence-electron chi connectivity index (χ1n) is 7.04. The standard InChI is InChI=1S/C14H18N2O5S/c1-16(11-4-5-22(18,19)8-11)14(17)15-7-10-2-3-12-13(6-10)21-9-20-12/h2-3,6,11H,4-5,7-9H2,1H3,(H,15,17)/t11-/m1/s1. The van der Waals surface area contributed by atoms with E-state index in [1.807, 2.05) is 12.1 Å². The molecule has 120 valence electrons. The highest BCUT2D eigenvalue weighted by molar-refractivity contribution is 7.91. The van der Waals surface area contributed by atoms with E-state index in [0.717, 1.165) is 5.56 Å². The quantitative estimate of drug-likeness (QED) is 0.886. The lowest BCUT2D eigenvalue weighted by atomic mass is 10.2. The molecule has 1 aromatic carbocycles. The molecule has 0 unspecified atom stereocenters. The van der Waals surface area contributed by atoms with Crippen molar-refractivity contribution < 1.29 is 22.7 Å². The summed E-state index contributed by atoms with van der Waals surface area (Å²) in [6.07, 6.45) is 0.496. The van der Waals surface area contributed by atoms with Crippen LogP contribution in [0, 0.1) is 0 Å². The fourth-order valence-electron chi connectivity index (χ4n) is 2.60. The maximum absolute atomic E-state index is 12.1. The molecule has 3 rings (SSSR count). The average molecular weight is 326 g/mol. The van der Waals surface area contributed by atoms with Crippen LogP contribution in [0.1, 0.15) is 12.0 Å². The van der Waals surface area contributed by atoms with Crippen molar-refractivity contribution in [3.8, 4) is 11.5 Å². The van der Waals surface area contributed by atoms with Crippen molar-refractivity contribution in [1.29, 1.82) is 0 Å². The van der Waals surface area contributed by atoms with Crippen LogP contribution in [0.15, 0.2) is 18.2 Å². The van der Waals surface area contributed by atoms with Gasteiger partial charge in [-0.2, -0.15) is 0 Å². The molecule has 0 bridgehead atoms. The molecule has 1 atom stereocenters. The summed E-state index contributed by atoms with van der Waals surface area (Å²) in [7, 11) is -1.37. The van der Waals surface area contributed by atoms with E-state index in [4.69, 9.17) is 9.47 Å². The molecular formula is C14H18N2O5S. The Morgan fingerprint density at radius 1 is 1.36 bits per heavy atom. The zero-order valence-corrected chi connectivity index (χ0v) is 13.1. The molecule has 1 aromatic rings. The first-order chi connectivity index (χ1) is 10.4. The number of hydrogen-bond acceptors (Lipinski definition) is 5. The van der Waals surface area contributed by atoms with Gasteiger partial charge in [-0.1, -0.05) is 6.07 Å². The zero-order valence-electron chi connectivity index (χ0n) is 12.2. The minimum atomic E-state index is -3.00. The molecule has 1 N–H and O–H groups in total. The lowest BCUT2D eigenvalue weighted by Gasteiger charge is -2.23. The van der Waals surface area contributed by atoms with Gasteiger partial charge in [0, 0.05) is 19.6 Å². The highest BCUT2D eigenvalue weighted by Crippen LogP contribution is 2.32. The highest BCUT2D eigenvalue weighted by atomic mass is 32.2. The number of nitrogens with zero attached hydrogens (tertiary/aromatic N) is 1. The van der Waals surface area contributed by atoms with Crippen molar-refractivity contribution in [3.05, 3.63) is 23.8 Å². The summed E-state index contributed by atoms with van der Waals surface area (Å²) in [5.74, 6) is 1.56. The molecule has 7 nitrogen and oxygen atoms in total. The summed E-state index contributed by atoms with van der Waals surface area (Å²) >= 11 is 0. The Balaban J connectivity index is 1.56. The van der Waals surface area contributed by atoms with E-state index in [1.54, 1.807) is 13.1 Å². The number of fused-ring (bicyclic) bond motifs is 1. The second-order valence-electron chi connectivity index (χ2n) is 5.51. The van der Waals surface area contributed by atoms with Gasteiger partial charge in [0.05, 0.1) is 11.5 Å². The van der Waals surface area contributed by atoms with Gasteiger partial charge >= 0.3 is 6.03 Å². The summed E-state index contributed by atoms with van der Waals surface area (Å²) in [5, 5.41) is 2.79. The first kappa shape index (κ1) is 15.0. The van der Waals surface area contributed by atoms with Gasteiger partial charge in [-0.3, -0.25) is 0 Å². The number of nitrogens with one attached hydrogen (secondary N) is 1. The van der Waals surface area contributed by atoms with Crippen molar-refractivity contribution >= 4 is 15.9 Å². The minimum absolute atomic E-state index is 0.0426. The summed E-state index contributed by atoms with van der Waals surface area (Å²) in [4.78, 5) is 13.6. The molecule has 8 heteroatoms. The van der Waals surface area contributed by atoms with Crippen molar-refractivity contribution in [2.24, 2.45) is 0 Å². The fraction of sp³-hybridized carbons (Fsp3) is 0.500. The SMILES string of the molecule is CN(C(=O)NCc1ccc2c(c1)OCO2)[C@@H]1CCS(=O)(=O)C1. The molecule has 2 aliphatic heterocycles. The predicted molar refractivity (Wildman–Crippen MR) is 79.6 cm³/mol. The van der Waals surface area contributed by atoms with Crippen LogP contribution in [0.3, 0.4) is 0 Å². The van der Waals surface area contributed by atoms with Gasteiger partial charge in [-0.25, -0.2) is 13.2 Å². The highest BCUT2D eigenvalue weighted by Gasteiger charge is 2.32. The maximum atomic E-state index is 12.1. The van der Waals surface area contributed by atoms with Crippen LogP contribution in [0.25, 0.3) is 0 Å². The van der Waals surface area contributed by atoms with E-state index in [2.05, 4.69) is 5.32 Å². The van der Waals surface area contributed by atoms with E-state index >= 15 is 0 Å². The Hall–Kier alpha value is -1.96. The van der Waals surface area contributed by atoms with Crippen LogP contribution in [0.2, 0.25) is 0 Å². The van der Waals surface area contributed by atoms with Crippen LogP contribution in [0.4, 0.5) is 4.79 Å². The zero-order chi connectivity index (χ0) is 15.7. The Labute approximate surface area is 129 Å². The van der Waals surface area contributed by atoms with Gasteiger partial charge in [0.15, 0.2) is 21.3 Å². The number of sulfone groups is 1. The van der Waals surface area contributed by atoms with E-state index in [9.17, 15) is 13.2 Å². The van der Waals surface area contributed by atoms with E-state index < -0.39 is 9.84 Å². The lowest BCUT2D eigenvalue weighted by Crippen LogP contribution is -2.43. The molecule has 1 fully saturated rings. The Morgan fingerprint density at radius 3 is 2.86 bits per heavy atom. The number of rotatable bonds is 3. The molecule has 2 heterocycles. The third kappa shape index (κ3) is 3.11. The molecule has 2 aliphatic rings. The first-order valence-corrected chi connectivity index (χ1v) is 8.86. The number of hydrogen-bond donors (Lipinski definition) is 1. The average Bonchev–Trinajstić information content (AvgIpc) is 3.09. The Morgan fingerprint density at radius 2 is 2.14 bits per heavy atom. The number of benzene rings is 1. The molecule has 0 radical (unpaired) electrons. The Kier molecular flexibility index (Phi) is 3.86. The van der Waals surface area contributed by atoms with Gasteiger partial charge in [-0.05, 0) is 24.1 Å². The van der Waals surface area contributed by atoms with Crippen LogP contribution in [0.5, 0.6) is 11.5 Å². The second kappa shape index (κ2) is 5.68. The third-order valence-corrected chi connectivity index (χ3v) is 5.71. The smallest absolute Gasteiger partial charge is 0.317 e. The summed E-state index contributed by atoms with van der Waals surface area (Å²) < 4.78 is 33.5. The number of carbonyl (C=O) groups is 1. The van der Waals surface area contributed by atoms with Gasteiger partial charge in [0.1, 0.15) is 0 Å². The third-order valence-electron chi connectivity index (χ3n) is 3.96. The summed E-state index contributed by atoms with van der Waals surface area (Å²) in [6.45, 7) is 0.559. The molecule has 0 spiro atoms. The molecule has 1 saturated heterocycles. The topological polar surface area (TPSA) is 84.9 Å². The number of carbonyl (C=O) groups excluding carboxylic acids is 1. The lowest BCUT2D eigenvalue weighted by molar-refractivity contribution is 0.174. The van der Waals surface area contributed by atoms with Crippen molar-refractivity contribution in [1.82, 2.24) is 10.2 Å². The van der Waals surface area contributed by atoms with Gasteiger partial charge in [-0.15, -0.1) is 0 Å². The fourth-order valence-corrected chi connectivity index (χ4v) is 4.37. The van der Waals surface area contributed by atoms with Crippen molar-refractivity contribution in [2.45, 2.75) is 19.0 Å². The Bertz CT molecular complexity index is 688. The van der Waals surface area contributed by atoms with Gasteiger partial charge in [0.2, 0.25) is 6.79 Å². The van der Waals surface area contributed by atoms with E-state index in [0.29, 0.717) is 24.5 Å².